The quantitative estimate of drug-likeness (QED) is 0.763. The zero-order chi connectivity index (χ0) is 13.9. The second kappa shape index (κ2) is 6.45. The molecule has 0 radical (unpaired) electrons. The Morgan fingerprint density at radius 1 is 1.32 bits per heavy atom. The third-order valence-electron chi connectivity index (χ3n) is 3.81. The van der Waals surface area contributed by atoms with Gasteiger partial charge in [0.1, 0.15) is 0 Å². The monoisotopic (exact) mass is 307 g/mol. The van der Waals surface area contributed by atoms with Crippen LogP contribution in [0.5, 0.6) is 0 Å². The number of carbonyl (C=O) groups excluding carboxylic acids is 1. The highest BCUT2D eigenvalue weighted by Crippen LogP contribution is 2.27. The Morgan fingerprint density at radius 2 is 2.05 bits per heavy atom. The Labute approximate surface area is 118 Å². The van der Waals surface area contributed by atoms with Gasteiger partial charge in [0, 0.05) is 17.8 Å². The fourth-order valence-electron chi connectivity index (χ4n) is 2.48. The molecule has 19 heavy (non-hydrogen) atoms. The van der Waals surface area contributed by atoms with Gasteiger partial charge in [0.25, 0.3) is 0 Å². The van der Waals surface area contributed by atoms with Gasteiger partial charge < -0.3 is 10.0 Å². The minimum Gasteiger partial charge on any atom is -0.395 e. The maximum Gasteiger partial charge on any atom is 0.232 e. The molecule has 1 atom stereocenters. The number of sulfone groups is 1. The molecule has 1 heterocycles. The van der Waals surface area contributed by atoms with Crippen LogP contribution in [-0.4, -0.2) is 66.0 Å². The molecule has 2 rings (SSSR count). The van der Waals surface area contributed by atoms with Crippen LogP contribution in [0.1, 0.15) is 25.7 Å². The summed E-state index contributed by atoms with van der Waals surface area (Å²) < 4.78 is 22.7. The molecule has 0 aromatic carbocycles. The zero-order valence-corrected chi connectivity index (χ0v) is 12.6. The molecule has 0 aromatic rings. The number of thioether (sulfide) groups is 1. The number of aliphatic hydroxyl groups is 1. The highest BCUT2D eigenvalue weighted by molar-refractivity contribution is 8.02. The van der Waals surface area contributed by atoms with Crippen LogP contribution in [0.15, 0.2) is 0 Å². The second-order valence-electron chi connectivity index (χ2n) is 5.23. The van der Waals surface area contributed by atoms with Crippen molar-refractivity contribution in [1.82, 2.24) is 4.90 Å². The van der Waals surface area contributed by atoms with Gasteiger partial charge in [-0.1, -0.05) is 0 Å². The fourth-order valence-corrected chi connectivity index (χ4v) is 6.01. The lowest BCUT2D eigenvalue weighted by Gasteiger charge is -2.37. The van der Waals surface area contributed by atoms with Gasteiger partial charge in [-0.2, -0.15) is 0 Å². The Hall–Kier alpha value is -0.270. The standard InChI is InChI=1S/C12H21NO4S2/c14-6-5-13(10-2-1-3-10)12(15)8-18-11-4-7-19(16,17)9-11/h10-11,14H,1-9H2. The van der Waals surface area contributed by atoms with Crippen LogP contribution < -0.4 is 0 Å². The van der Waals surface area contributed by atoms with Gasteiger partial charge in [0.05, 0.1) is 23.9 Å². The molecule has 1 saturated carbocycles. The van der Waals surface area contributed by atoms with Crippen molar-refractivity contribution in [1.29, 1.82) is 0 Å². The Bertz CT molecular complexity index is 419. The summed E-state index contributed by atoms with van der Waals surface area (Å²) in [6, 6.07) is 0.285. The molecule has 1 aliphatic carbocycles. The first-order chi connectivity index (χ1) is 9.02. The van der Waals surface area contributed by atoms with E-state index >= 15 is 0 Å². The summed E-state index contributed by atoms with van der Waals surface area (Å²) >= 11 is 1.45. The van der Waals surface area contributed by atoms with Crippen LogP contribution in [0.25, 0.3) is 0 Å². The molecule has 1 amide bonds. The number of carbonyl (C=O) groups is 1. The van der Waals surface area contributed by atoms with E-state index in [2.05, 4.69) is 0 Å². The van der Waals surface area contributed by atoms with Gasteiger partial charge in [0.15, 0.2) is 9.84 Å². The first-order valence-corrected chi connectivity index (χ1v) is 9.61. The van der Waals surface area contributed by atoms with E-state index in [0.717, 1.165) is 19.3 Å². The van der Waals surface area contributed by atoms with Gasteiger partial charge in [-0.25, -0.2) is 8.42 Å². The minimum absolute atomic E-state index is 0.00921. The van der Waals surface area contributed by atoms with Gasteiger partial charge in [-0.3, -0.25) is 4.79 Å². The lowest BCUT2D eigenvalue weighted by atomic mass is 9.91. The van der Waals surface area contributed by atoms with Crippen molar-refractivity contribution in [3.8, 4) is 0 Å². The average molecular weight is 307 g/mol. The molecule has 5 nitrogen and oxygen atoms in total. The maximum absolute atomic E-state index is 12.1. The van der Waals surface area contributed by atoms with E-state index in [4.69, 9.17) is 5.11 Å². The predicted molar refractivity (Wildman–Crippen MR) is 76.0 cm³/mol. The molecule has 1 aliphatic heterocycles. The van der Waals surface area contributed by atoms with Crippen LogP contribution in [-0.2, 0) is 14.6 Å². The van der Waals surface area contributed by atoms with Crippen LogP contribution in [0.4, 0.5) is 0 Å². The van der Waals surface area contributed by atoms with Crippen molar-refractivity contribution >= 4 is 27.5 Å². The van der Waals surface area contributed by atoms with Crippen molar-refractivity contribution in [2.75, 3.05) is 30.4 Å². The molecule has 1 saturated heterocycles. The van der Waals surface area contributed by atoms with Gasteiger partial charge in [0.2, 0.25) is 5.91 Å². The molecule has 2 fully saturated rings. The van der Waals surface area contributed by atoms with Crippen molar-refractivity contribution in [3.63, 3.8) is 0 Å². The van der Waals surface area contributed by atoms with Crippen LogP contribution in [0, 0.1) is 0 Å². The zero-order valence-electron chi connectivity index (χ0n) is 11.0. The van der Waals surface area contributed by atoms with Crippen LogP contribution in [0.3, 0.4) is 0 Å². The van der Waals surface area contributed by atoms with Gasteiger partial charge in [-0.15, -0.1) is 11.8 Å². The van der Waals surface area contributed by atoms with Crippen molar-refractivity contribution in [3.05, 3.63) is 0 Å². The van der Waals surface area contributed by atoms with Crippen LogP contribution in [0.2, 0.25) is 0 Å². The number of nitrogens with zero attached hydrogens (tertiary/aromatic N) is 1. The highest BCUT2D eigenvalue weighted by atomic mass is 32.2. The molecule has 1 unspecified atom stereocenters. The molecule has 7 heteroatoms. The predicted octanol–water partition coefficient (Wildman–Crippen LogP) is 0.280. The Kier molecular flexibility index (Phi) is 5.14. The van der Waals surface area contributed by atoms with E-state index in [1.807, 2.05) is 0 Å². The van der Waals surface area contributed by atoms with E-state index in [1.54, 1.807) is 4.90 Å². The molecule has 1 N–H and O–H groups in total. The van der Waals surface area contributed by atoms with E-state index in [0.29, 0.717) is 18.7 Å². The lowest BCUT2D eigenvalue weighted by Crippen LogP contribution is -2.46. The molecular weight excluding hydrogens is 286 g/mol. The van der Waals surface area contributed by atoms with Crippen molar-refractivity contribution in [2.24, 2.45) is 0 Å². The van der Waals surface area contributed by atoms with E-state index in [1.165, 1.54) is 11.8 Å². The first-order valence-electron chi connectivity index (χ1n) is 6.74. The van der Waals surface area contributed by atoms with E-state index in [-0.39, 0.29) is 35.3 Å². The smallest absolute Gasteiger partial charge is 0.232 e. The Morgan fingerprint density at radius 3 is 2.53 bits per heavy atom. The summed E-state index contributed by atoms with van der Waals surface area (Å²) in [6.07, 6.45) is 3.85. The second-order valence-corrected chi connectivity index (χ2v) is 8.75. The largest absolute Gasteiger partial charge is 0.395 e. The van der Waals surface area contributed by atoms with Gasteiger partial charge >= 0.3 is 0 Å². The fraction of sp³-hybridized carbons (Fsp3) is 0.917. The normalized spacial score (nSPS) is 26.1. The summed E-state index contributed by atoms with van der Waals surface area (Å²) in [6.45, 7) is 0.387. The van der Waals surface area contributed by atoms with E-state index < -0.39 is 9.84 Å². The van der Waals surface area contributed by atoms with E-state index in [9.17, 15) is 13.2 Å². The van der Waals surface area contributed by atoms with Gasteiger partial charge in [-0.05, 0) is 25.7 Å². The molecule has 0 aromatic heterocycles. The number of rotatable bonds is 6. The number of amides is 1. The molecule has 0 spiro atoms. The number of hydrogen-bond acceptors (Lipinski definition) is 5. The maximum atomic E-state index is 12.1. The number of hydrogen-bond donors (Lipinski definition) is 1. The van der Waals surface area contributed by atoms with Crippen molar-refractivity contribution < 1.29 is 18.3 Å². The highest BCUT2D eigenvalue weighted by Gasteiger charge is 2.31. The summed E-state index contributed by atoms with van der Waals surface area (Å²) in [4.78, 5) is 13.9. The summed E-state index contributed by atoms with van der Waals surface area (Å²) in [7, 11) is -2.87. The molecule has 110 valence electrons. The summed E-state index contributed by atoms with van der Waals surface area (Å²) in [5.74, 6) is 0.820. The first kappa shape index (κ1) is 15.1. The van der Waals surface area contributed by atoms with Crippen LogP contribution >= 0.6 is 11.8 Å². The summed E-state index contributed by atoms with van der Waals surface area (Å²) in [5.41, 5.74) is 0. The SMILES string of the molecule is O=C(CSC1CCS(=O)(=O)C1)N(CCO)C1CCC1. The summed E-state index contributed by atoms with van der Waals surface area (Å²) in [5, 5.41) is 9.08. The lowest BCUT2D eigenvalue weighted by molar-refractivity contribution is -0.132. The topological polar surface area (TPSA) is 74.7 Å². The third-order valence-corrected chi connectivity index (χ3v) is 7.08. The third kappa shape index (κ3) is 4.10. The minimum atomic E-state index is -2.87. The molecule has 2 aliphatic rings. The van der Waals surface area contributed by atoms with Crippen molar-refractivity contribution in [2.45, 2.75) is 37.0 Å². The molecular formula is C12H21NO4S2. The molecule has 0 bridgehead atoms. The number of aliphatic hydroxyl groups excluding tert-OH is 1. The average Bonchev–Trinajstić information content (AvgIpc) is 2.63. The Balaban J connectivity index is 1.79.